The highest BCUT2D eigenvalue weighted by molar-refractivity contribution is 5.78. The number of fused-ring (bicyclic) bond motifs is 1. The van der Waals surface area contributed by atoms with Crippen LogP contribution in [-0.2, 0) is 0 Å². The number of nitriles is 1. The van der Waals surface area contributed by atoms with Crippen LogP contribution in [-0.4, -0.2) is 9.97 Å². The number of nitrogens with two attached hydrogens (primary N) is 1. The fourth-order valence-electron chi connectivity index (χ4n) is 1.11. The van der Waals surface area contributed by atoms with Crippen molar-refractivity contribution in [3.63, 3.8) is 0 Å². The van der Waals surface area contributed by atoms with E-state index in [1.807, 2.05) is 12.1 Å². The van der Waals surface area contributed by atoms with Gasteiger partial charge in [0.15, 0.2) is 5.65 Å². The molecule has 0 atom stereocenters. The van der Waals surface area contributed by atoms with Crippen LogP contribution in [0, 0.1) is 11.3 Å². The summed E-state index contributed by atoms with van der Waals surface area (Å²) in [6.45, 7) is 0. The number of rotatable bonds is 0. The van der Waals surface area contributed by atoms with Gasteiger partial charge in [0.25, 0.3) is 0 Å². The fourth-order valence-corrected chi connectivity index (χ4v) is 1.11. The average Bonchev–Trinajstić information content (AvgIpc) is 2.17. The van der Waals surface area contributed by atoms with Crippen LogP contribution in [0.5, 0.6) is 0 Å². The first-order chi connectivity index (χ1) is 6.31. The molecule has 4 heteroatoms. The minimum Gasteiger partial charge on any atom is -0.383 e. The summed E-state index contributed by atoms with van der Waals surface area (Å²) in [7, 11) is 0. The van der Waals surface area contributed by atoms with Gasteiger partial charge in [0, 0.05) is 11.6 Å². The summed E-state index contributed by atoms with van der Waals surface area (Å²) < 4.78 is 0. The van der Waals surface area contributed by atoms with Crippen LogP contribution in [0.1, 0.15) is 5.56 Å². The van der Waals surface area contributed by atoms with Crippen LogP contribution in [0.15, 0.2) is 24.4 Å². The van der Waals surface area contributed by atoms with Crippen LogP contribution in [0.3, 0.4) is 0 Å². The van der Waals surface area contributed by atoms with Gasteiger partial charge >= 0.3 is 0 Å². The molecule has 0 unspecified atom stereocenters. The minimum absolute atomic E-state index is 0.230. The summed E-state index contributed by atoms with van der Waals surface area (Å²) in [5.74, 6) is 0.230. The first-order valence-electron chi connectivity index (χ1n) is 3.72. The summed E-state index contributed by atoms with van der Waals surface area (Å²) in [5.41, 5.74) is 6.48. The van der Waals surface area contributed by atoms with Gasteiger partial charge in [0.05, 0.1) is 5.56 Å². The van der Waals surface area contributed by atoms with E-state index in [1.54, 1.807) is 18.3 Å². The van der Waals surface area contributed by atoms with Crippen molar-refractivity contribution in [2.75, 3.05) is 5.73 Å². The van der Waals surface area contributed by atoms with Gasteiger partial charge in [-0.2, -0.15) is 5.26 Å². The van der Waals surface area contributed by atoms with Crippen molar-refractivity contribution in [2.24, 2.45) is 0 Å². The van der Waals surface area contributed by atoms with E-state index in [1.165, 1.54) is 0 Å². The van der Waals surface area contributed by atoms with Gasteiger partial charge in [-0.3, -0.25) is 0 Å². The van der Waals surface area contributed by atoms with Crippen LogP contribution < -0.4 is 5.73 Å². The number of nitrogen functional groups attached to an aromatic ring is 1. The van der Waals surface area contributed by atoms with Crippen molar-refractivity contribution < 1.29 is 0 Å². The lowest BCUT2D eigenvalue weighted by molar-refractivity contribution is 1.28. The molecule has 13 heavy (non-hydrogen) atoms. The Morgan fingerprint density at radius 3 is 3.08 bits per heavy atom. The Labute approximate surface area is 74.6 Å². The second kappa shape index (κ2) is 2.72. The van der Waals surface area contributed by atoms with Gasteiger partial charge in [-0.05, 0) is 18.2 Å². The van der Waals surface area contributed by atoms with Crippen molar-refractivity contribution in [3.8, 4) is 6.07 Å². The Balaban J connectivity index is 2.83. The third-order valence-electron chi connectivity index (χ3n) is 1.74. The van der Waals surface area contributed by atoms with E-state index >= 15 is 0 Å². The maximum Gasteiger partial charge on any atom is 0.161 e. The molecule has 0 aliphatic carbocycles. The van der Waals surface area contributed by atoms with Gasteiger partial charge < -0.3 is 5.73 Å². The molecule has 0 bridgehead atoms. The molecular formula is C9H6N4. The Hall–Kier alpha value is -2.15. The lowest BCUT2D eigenvalue weighted by Crippen LogP contribution is -1.95. The number of nitrogens with zero attached hydrogens (tertiary/aromatic N) is 3. The molecule has 0 saturated carbocycles. The first kappa shape index (κ1) is 7.50. The molecule has 2 N–H and O–H groups in total. The normalized spacial score (nSPS) is 9.77. The topological polar surface area (TPSA) is 75.6 Å². The number of pyridine rings is 2. The highest BCUT2D eigenvalue weighted by Crippen LogP contribution is 2.14. The molecule has 0 aromatic carbocycles. The molecule has 0 amide bonds. The van der Waals surface area contributed by atoms with E-state index in [0.717, 1.165) is 5.39 Å². The van der Waals surface area contributed by atoms with Crippen LogP contribution >= 0.6 is 0 Å². The van der Waals surface area contributed by atoms with Crippen molar-refractivity contribution in [3.05, 3.63) is 30.0 Å². The van der Waals surface area contributed by atoms with Crippen molar-refractivity contribution in [1.82, 2.24) is 9.97 Å². The zero-order valence-corrected chi connectivity index (χ0v) is 6.73. The SMILES string of the molecule is N#Cc1cc2cccnc2nc1N. The maximum absolute atomic E-state index is 8.69. The molecule has 2 aromatic rings. The molecule has 2 heterocycles. The average molecular weight is 170 g/mol. The summed E-state index contributed by atoms with van der Waals surface area (Å²) in [6.07, 6.45) is 1.64. The van der Waals surface area contributed by atoms with Crippen molar-refractivity contribution in [2.45, 2.75) is 0 Å². The van der Waals surface area contributed by atoms with E-state index in [2.05, 4.69) is 9.97 Å². The summed E-state index contributed by atoms with van der Waals surface area (Å²) in [6, 6.07) is 7.29. The third-order valence-corrected chi connectivity index (χ3v) is 1.74. The van der Waals surface area contributed by atoms with E-state index in [-0.39, 0.29) is 5.82 Å². The highest BCUT2D eigenvalue weighted by Gasteiger charge is 2.02. The zero-order valence-electron chi connectivity index (χ0n) is 6.73. The molecule has 4 nitrogen and oxygen atoms in total. The molecule has 0 radical (unpaired) electrons. The van der Waals surface area contributed by atoms with Crippen LogP contribution in [0.2, 0.25) is 0 Å². The molecule has 0 fully saturated rings. The van der Waals surface area contributed by atoms with Gasteiger partial charge in [0.1, 0.15) is 11.9 Å². The molecule has 62 valence electrons. The van der Waals surface area contributed by atoms with Crippen molar-refractivity contribution in [1.29, 1.82) is 5.26 Å². The largest absolute Gasteiger partial charge is 0.383 e. The molecule has 0 spiro atoms. The monoisotopic (exact) mass is 170 g/mol. The van der Waals surface area contributed by atoms with Gasteiger partial charge in [-0.15, -0.1) is 0 Å². The fraction of sp³-hybridized carbons (Fsp3) is 0. The summed E-state index contributed by atoms with van der Waals surface area (Å²) in [5, 5.41) is 9.51. The molecular weight excluding hydrogens is 164 g/mol. The molecule has 0 saturated heterocycles. The van der Waals surface area contributed by atoms with E-state index < -0.39 is 0 Å². The molecule has 2 aromatic heterocycles. The van der Waals surface area contributed by atoms with Gasteiger partial charge in [-0.1, -0.05) is 0 Å². The Kier molecular flexibility index (Phi) is 1.57. The number of hydrogen-bond acceptors (Lipinski definition) is 4. The summed E-state index contributed by atoms with van der Waals surface area (Å²) in [4.78, 5) is 8.01. The standard InChI is InChI=1S/C9H6N4/c10-5-7-4-6-2-1-3-12-9(6)13-8(7)11/h1-4H,(H2,11,12,13). The van der Waals surface area contributed by atoms with Crippen LogP contribution in [0.4, 0.5) is 5.82 Å². The number of anilines is 1. The highest BCUT2D eigenvalue weighted by atomic mass is 14.9. The zero-order chi connectivity index (χ0) is 9.26. The lowest BCUT2D eigenvalue weighted by Gasteiger charge is -1.98. The Morgan fingerprint density at radius 2 is 2.31 bits per heavy atom. The smallest absolute Gasteiger partial charge is 0.161 e. The quantitative estimate of drug-likeness (QED) is 0.641. The van der Waals surface area contributed by atoms with Gasteiger partial charge in [0.2, 0.25) is 0 Å². The predicted octanol–water partition coefficient (Wildman–Crippen LogP) is 1.08. The third kappa shape index (κ3) is 1.16. The maximum atomic E-state index is 8.69. The van der Waals surface area contributed by atoms with Gasteiger partial charge in [-0.25, -0.2) is 9.97 Å². The summed E-state index contributed by atoms with van der Waals surface area (Å²) >= 11 is 0. The van der Waals surface area contributed by atoms with E-state index in [0.29, 0.717) is 11.2 Å². The number of aromatic nitrogens is 2. The number of hydrogen-bond donors (Lipinski definition) is 1. The Morgan fingerprint density at radius 1 is 1.46 bits per heavy atom. The second-order valence-corrected chi connectivity index (χ2v) is 2.58. The predicted molar refractivity (Wildman–Crippen MR) is 48.7 cm³/mol. The lowest BCUT2D eigenvalue weighted by atomic mass is 10.2. The van der Waals surface area contributed by atoms with E-state index in [9.17, 15) is 0 Å². The molecule has 0 aliphatic rings. The van der Waals surface area contributed by atoms with Crippen molar-refractivity contribution >= 4 is 16.9 Å². The van der Waals surface area contributed by atoms with E-state index in [4.69, 9.17) is 11.0 Å². The molecule has 0 aliphatic heterocycles. The molecule has 2 rings (SSSR count). The minimum atomic E-state index is 0.230. The van der Waals surface area contributed by atoms with Crippen LogP contribution in [0.25, 0.3) is 11.0 Å². The second-order valence-electron chi connectivity index (χ2n) is 2.58. The first-order valence-corrected chi connectivity index (χ1v) is 3.72. The Bertz CT molecular complexity index is 498.